The number of nitrogens with one attached hydrogen (secondary N) is 2. The molecule has 0 aliphatic carbocycles. The molecule has 0 atom stereocenters. The van der Waals surface area contributed by atoms with Gasteiger partial charge >= 0.3 is 12.2 Å². The molecule has 36 heavy (non-hydrogen) atoms. The second-order valence-electron chi connectivity index (χ2n) is 4.27. The van der Waals surface area contributed by atoms with E-state index in [2.05, 4.69) is 153 Å². The number of carboxylic acids is 2. The van der Waals surface area contributed by atoms with Gasteiger partial charge in [0.15, 0.2) is 11.4 Å². The number of hydrogen-bond acceptors (Lipinski definition) is 6. The Kier molecular flexibility index (Phi) is 170. The van der Waals surface area contributed by atoms with Crippen molar-refractivity contribution in [1.82, 2.24) is 10.6 Å². The average molecular weight is 1340 g/mol. The standard InChI is InChI=1S/C5H12N2O.C3H6O2.C3H8.C2H5NO2.C2H7N.BI3.BI2.2BI.V/c1-3-7-5(8)4-6-2;1-2-3(4)5;1-3-2;3-1-2(4)5;1-2-3;2-1(3)4;2-1-3;2*1-2;/h6H,3-4H2,1-2H3,(H,7,8);2H2,1H3,(H,4,5);3H2,1-2H3;1,3H2,(H,4,5);2-3H2,1H3;;;;;. The smallest absolute Gasteiger partial charge is 0.355 e. The molecule has 0 saturated heterocycles. The second kappa shape index (κ2) is 90.1. The molecule has 8 N–H and O–H groups in total. The molecule has 0 spiro atoms. The van der Waals surface area contributed by atoms with Gasteiger partial charge in [-0.1, -0.05) is 34.1 Å². The number of nitrogens with two attached hydrogens (primary N) is 2. The van der Waals surface area contributed by atoms with E-state index in [0.29, 0.717) is 13.1 Å². The molecular formula is C15H38B4I7N4O5V. The Balaban J connectivity index is -0.0000000274. The maximum atomic E-state index is 10.5. The van der Waals surface area contributed by atoms with Crippen molar-refractivity contribution < 1.29 is 43.2 Å². The van der Waals surface area contributed by atoms with Crippen molar-refractivity contribution in [1.29, 1.82) is 0 Å². The van der Waals surface area contributed by atoms with E-state index in [9.17, 15) is 14.4 Å². The minimum absolute atomic E-state index is 0. The molecule has 0 aliphatic heterocycles. The maximum Gasteiger partial charge on any atom is 0.355 e. The molecule has 0 aromatic carbocycles. The number of aliphatic carboxylic acids is 2. The summed E-state index contributed by atoms with van der Waals surface area (Å²) in [5, 5.41) is 20.7. The number of halogens is 7. The first-order chi connectivity index (χ1) is 16.3. The summed E-state index contributed by atoms with van der Waals surface area (Å²) in [6.07, 6.45) is 1.47. The summed E-state index contributed by atoms with van der Waals surface area (Å²) in [5.74, 6) is -1.66. The summed E-state index contributed by atoms with van der Waals surface area (Å²) < 4.78 is 2.68. The summed E-state index contributed by atoms with van der Waals surface area (Å²) in [6.45, 7) is 11.2. The van der Waals surface area contributed by atoms with Crippen LogP contribution in [0.1, 0.15) is 47.5 Å². The first kappa shape index (κ1) is 67.8. The van der Waals surface area contributed by atoms with Crippen LogP contribution >= 0.6 is 157 Å². The number of likely N-dealkylation sites (N-methyl/N-ethyl adjacent to an activating group) is 2. The van der Waals surface area contributed by atoms with Gasteiger partial charge in [0.1, 0.15) is 0 Å². The molecule has 6 radical (unpaired) electrons. The van der Waals surface area contributed by atoms with Gasteiger partial charge < -0.3 is 32.3 Å². The van der Waals surface area contributed by atoms with Gasteiger partial charge in [-0.3, -0.25) is 14.4 Å². The van der Waals surface area contributed by atoms with Crippen molar-refractivity contribution in [3.05, 3.63) is 0 Å². The van der Waals surface area contributed by atoms with Crippen molar-refractivity contribution in [3.8, 4) is 0 Å². The minimum atomic E-state index is -0.968. The third-order valence-electron chi connectivity index (χ3n) is 1.19. The summed E-state index contributed by atoms with van der Waals surface area (Å²) in [6, 6.07) is 0. The molecule has 0 unspecified atom stereocenters. The van der Waals surface area contributed by atoms with Crippen LogP contribution in [0, 0.1) is 0 Å². The Morgan fingerprint density at radius 3 is 1.17 bits per heavy atom. The zero-order valence-corrected chi connectivity index (χ0v) is 37.9. The van der Waals surface area contributed by atoms with Crippen molar-refractivity contribution in [3.63, 3.8) is 0 Å². The first-order valence-electron chi connectivity index (χ1n) is 9.46. The number of carbonyl (C=O) groups excluding carboxylic acids is 1. The number of amides is 1. The van der Waals surface area contributed by atoms with Crippen molar-refractivity contribution in [2.75, 3.05) is 33.2 Å². The van der Waals surface area contributed by atoms with E-state index in [1.165, 1.54) is 6.42 Å². The molecule has 21 heteroatoms. The Bertz CT molecular complexity index is 331. The van der Waals surface area contributed by atoms with Crippen LogP contribution in [0.15, 0.2) is 0 Å². The molecular weight excluding hydrogens is 1300 g/mol. The van der Waals surface area contributed by atoms with Crippen LogP contribution in [0.3, 0.4) is 0 Å². The minimum Gasteiger partial charge on any atom is -0.481 e. The van der Waals surface area contributed by atoms with Crippen LogP contribution < -0.4 is 22.1 Å². The van der Waals surface area contributed by atoms with Crippen LogP contribution in [0.25, 0.3) is 0 Å². The number of hydrogen-bond donors (Lipinski definition) is 6. The third-order valence-corrected chi connectivity index (χ3v) is 1.19. The van der Waals surface area contributed by atoms with Crippen molar-refractivity contribution in [2.24, 2.45) is 11.5 Å². The van der Waals surface area contributed by atoms with E-state index in [-0.39, 0.29) is 37.4 Å². The zero-order valence-electron chi connectivity index (χ0n) is 21.4. The van der Waals surface area contributed by atoms with Gasteiger partial charge in [-0.05, 0) is 20.5 Å². The van der Waals surface area contributed by atoms with Gasteiger partial charge in [-0.2, -0.15) is 44.7 Å². The van der Waals surface area contributed by atoms with Gasteiger partial charge in [0.2, 0.25) is 5.91 Å². The number of rotatable bonds is 5. The summed E-state index contributed by atoms with van der Waals surface area (Å²) in [4.78, 5) is 29.1. The molecule has 0 aromatic heterocycles. The quantitative estimate of drug-likeness (QED) is 0.167. The molecule has 0 aliphatic rings. The van der Waals surface area contributed by atoms with E-state index in [4.69, 9.17) is 15.9 Å². The van der Waals surface area contributed by atoms with Crippen LogP contribution in [0.2, 0.25) is 0 Å². The zero-order chi connectivity index (χ0) is 30.7. The second-order valence-corrected chi connectivity index (χ2v) is 18.8. The van der Waals surface area contributed by atoms with Crippen molar-refractivity contribution >= 4 is 189 Å². The average Bonchev–Trinajstić information content (AvgIpc) is 2.79. The molecule has 0 saturated carbocycles. The van der Waals surface area contributed by atoms with Crippen LogP contribution in [0.4, 0.5) is 0 Å². The van der Waals surface area contributed by atoms with E-state index in [1.807, 2.05) is 16.8 Å². The Morgan fingerprint density at radius 2 is 1.08 bits per heavy atom. The van der Waals surface area contributed by atoms with Gasteiger partial charge in [0.25, 0.3) is 2.99 Å². The SMILES string of the molecule is CCC.CCC(=O)O.CCN.CCNC(=O)CNC.IB(I)I.I[B]I.NCC(=O)O.[B]I.[B]I.[V]. The Labute approximate surface area is 329 Å². The van der Waals surface area contributed by atoms with Crippen LogP contribution in [0.5, 0.6) is 0 Å². The topological polar surface area (TPSA) is 168 Å². The van der Waals surface area contributed by atoms with Gasteiger partial charge in [-0.15, -0.1) is 112 Å². The van der Waals surface area contributed by atoms with E-state index < -0.39 is 11.9 Å². The van der Waals surface area contributed by atoms with Gasteiger partial charge in [0.05, 0.1) is 13.1 Å². The molecule has 0 heterocycles. The largest absolute Gasteiger partial charge is 0.481 e. The predicted molar refractivity (Wildman–Crippen MR) is 219 cm³/mol. The maximum absolute atomic E-state index is 10.5. The molecule has 9 nitrogen and oxygen atoms in total. The monoisotopic (exact) mass is 1340 g/mol. The number of carbonyl (C=O) groups is 3. The summed E-state index contributed by atoms with van der Waals surface area (Å²) in [5.41, 5.74) is 18.4. The molecule has 0 fully saturated rings. The first-order valence-corrected chi connectivity index (χ1v) is 18.2. The number of carboxylic acid groups (broad SMARTS) is 2. The predicted octanol–water partition coefficient (Wildman–Crippen LogP) is 4.91. The molecule has 0 bridgehead atoms. The van der Waals surface area contributed by atoms with Crippen LogP contribution in [-0.2, 0) is 32.9 Å². The van der Waals surface area contributed by atoms with Crippen molar-refractivity contribution in [2.45, 2.75) is 47.5 Å². The van der Waals surface area contributed by atoms with E-state index >= 15 is 0 Å². The normalized spacial score (nSPS) is 6.42. The fraction of sp³-hybridized carbons (Fsp3) is 0.800. The molecule has 0 aromatic rings. The molecule has 1 amide bonds. The van der Waals surface area contributed by atoms with E-state index in [1.54, 1.807) is 58.7 Å². The fourth-order valence-electron chi connectivity index (χ4n) is 0.420. The summed E-state index contributed by atoms with van der Waals surface area (Å²) >= 11 is 14.6. The third kappa shape index (κ3) is 261. The molecule has 214 valence electrons. The Hall–Kier alpha value is 4.24. The summed E-state index contributed by atoms with van der Waals surface area (Å²) in [7, 11) is 1.75. The van der Waals surface area contributed by atoms with Crippen LogP contribution in [-0.4, -0.2) is 76.0 Å². The molecule has 0 rings (SSSR count). The fourth-order valence-corrected chi connectivity index (χ4v) is 0.420. The van der Waals surface area contributed by atoms with Gasteiger partial charge in [-0.25, -0.2) is 0 Å². The van der Waals surface area contributed by atoms with Gasteiger partial charge in [0, 0.05) is 31.5 Å². The Morgan fingerprint density at radius 1 is 0.889 bits per heavy atom. The van der Waals surface area contributed by atoms with E-state index in [0.717, 1.165) is 6.83 Å².